The Kier molecular flexibility index (Phi) is 10.6. The molecule has 5 aliphatic heterocycles. The molecule has 7 heterocycles. The molecule has 16 nitrogen and oxygen atoms in total. The Bertz CT molecular complexity index is 2420. The molecule has 5 aliphatic rings. The molecule has 1 unspecified atom stereocenters. The number of piperidine rings is 2. The van der Waals surface area contributed by atoms with Gasteiger partial charge in [0.25, 0.3) is 11.5 Å². The maximum absolute atomic E-state index is 13.2. The number of imide groups is 1. The van der Waals surface area contributed by atoms with Gasteiger partial charge in [0.05, 0.1) is 35.9 Å². The lowest BCUT2D eigenvalue weighted by atomic mass is 9.88. The molecule has 3 saturated heterocycles. The fourth-order valence-electron chi connectivity index (χ4n) is 8.94. The zero-order chi connectivity index (χ0) is 40.8. The number of halogens is 1. The number of aromatic nitrogens is 3. The van der Waals surface area contributed by atoms with Crippen molar-refractivity contribution in [1.82, 2.24) is 30.1 Å². The summed E-state index contributed by atoms with van der Waals surface area (Å²) in [5.74, 6) is 1.14. The number of rotatable bonds is 10. The van der Waals surface area contributed by atoms with Crippen LogP contribution < -0.4 is 40.8 Å². The summed E-state index contributed by atoms with van der Waals surface area (Å²) >= 11 is 6.62. The number of pyridine rings is 1. The Morgan fingerprint density at radius 2 is 1.81 bits per heavy atom. The van der Waals surface area contributed by atoms with Crippen LogP contribution in [0.25, 0.3) is 10.9 Å². The SMILES string of the molecule is CNC(=O)COc1cc2cc(Nc3nc(N4CCN(CC5CCN(c6ccc7c(c6)[C@H](C)N=C7C6CCC(=O)NC6=O)CC5)CC4)ncc3Cl)cc3c2n(c1=O)CCO3. The number of piperazine rings is 1. The van der Waals surface area contributed by atoms with Gasteiger partial charge in [-0.1, -0.05) is 17.7 Å². The lowest BCUT2D eigenvalue weighted by Gasteiger charge is -2.39. The summed E-state index contributed by atoms with van der Waals surface area (Å²) in [5.41, 5.74) is 5.20. The van der Waals surface area contributed by atoms with Crippen LogP contribution in [0.4, 0.5) is 23.1 Å². The predicted molar refractivity (Wildman–Crippen MR) is 224 cm³/mol. The molecule has 0 saturated carbocycles. The second-order valence-corrected chi connectivity index (χ2v) is 16.3. The average molecular weight is 823 g/mol. The first kappa shape index (κ1) is 38.8. The number of aliphatic imine (C=N–C) groups is 1. The van der Waals surface area contributed by atoms with Crippen molar-refractivity contribution in [3.63, 3.8) is 0 Å². The third-order valence-electron chi connectivity index (χ3n) is 12.1. The van der Waals surface area contributed by atoms with Gasteiger partial charge in [-0.3, -0.25) is 39.0 Å². The minimum atomic E-state index is -0.373. The Morgan fingerprint density at radius 3 is 2.59 bits per heavy atom. The van der Waals surface area contributed by atoms with E-state index >= 15 is 0 Å². The minimum Gasteiger partial charge on any atom is -0.489 e. The molecule has 0 bridgehead atoms. The third kappa shape index (κ3) is 7.78. The Labute approximate surface area is 345 Å². The first-order valence-electron chi connectivity index (χ1n) is 20.4. The molecule has 0 spiro atoms. The largest absolute Gasteiger partial charge is 0.489 e. The van der Waals surface area contributed by atoms with Crippen LogP contribution in [0, 0.1) is 11.8 Å². The molecule has 9 rings (SSSR count). The van der Waals surface area contributed by atoms with Crippen LogP contribution in [-0.2, 0) is 20.9 Å². The number of nitrogens with one attached hydrogen (secondary N) is 3. The van der Waals surface area contributed by atoms with E-state index in [0.717, 1.165) is 75.5 Å². The predicted octanol–water partition coefficient (Wildman–Crippen LogP) is 3.66. The maximum atomic E-state index is 13.2. The summed E-state index contributed by atoms with van der Waals surface area (Å²) < 4.78 is 13.2. The second-order valence-electron chi connectivity index (χ2n) is 15.9. The van der Waals surface area contributed by atoms with Crippen LogP contribution in [0.5, 0.6) is 11.5 Å². The quantitative estimate of drug-likeness (QED) is 0.199. The van der Waals surface area contributed by atoms with Gasteiger partial charge in [0.1, 0.15) is 17.4 Å². The van der Waals surface area contributed by atoms with Gasteiger partial charge in [0, 0.05) is 87.7 Å². The number of anilines is 4. The van der Waals surface area contributed by atoms with E-state index in [0.29, 0.717) is 71.0 Å². The highest BCUT2D eigenvalue weighted by molar-refractivity contribution is 6.33. The smallest absolute Gasteiger partial charge is 0.293 e. The monoisotopic (exact) mass is 822 g/mol. The number of likely N-dealkylation sites (N-methyl/N-ethyl adjacent to an activating group) is 1. The molecule has 3 amide bonds. The van der Waals surface area contributed by atoms with Crippen LogP contribution in [0.15, 0.2) is 52.4 Å². The summed E-state index contributed by atoms with van der Waals surface area (Å²) in [4.78, 5) is 70.8. The molecule has 2 aromatic heterocycles. The molecule has 2 aromatic carbocycles. The number of carbonyl (C=O) groups is 3. The highest BCUT2D eigenvalue weighted by atomic mass is 35.5. The fraction of sp³-hybridized carbons (Fsp3) is 0.452. The normalized spacial score (nSPS) is 20.8. The molecule has 0 radical (unpaired) electrons. The zero-order valence-corrected chi connectivity index (χ0v) is 33.9. The van der Waals surface area contributed by atoms with Gasteiger partial charge >= 0.3 is 0 Å². The van der Waals surface area contributed by atoms with Crippen molar-refractivity contribution in [3.8, 4) is 11.5 Å². The molecule has 2 atom stereocenters. The van der Waals surface area contributed by atoms with Crippen molar-refractivity contribution in [1.29, 1.82) is 0 Å². The number of hydrogen-bond donors (Lipinski definition) is 3. The van der Waals surface area contributed by atoms with Crippen molar-refractivity contribution in [3.05, 3.63) is 69.1 Å². The average Bonchev–Trinajstić information content (AvgIpc) is 3.57. The Hall–Kier alpha value is -5.74. The lowest BCUT2D eigenvalue weighted by molar-refractivity contribution is -0.134. The summed E-state index contributed by atoms with van der Waals surface area (Å²) in [6.45, 7) is 8.92. The van der Waals surface area contributed by atoms with E-state index in [9.17, 15) is 19.2 Å². The molecular formula is C42H47ClN10O6. The highest BCUT2D eigenvalue weighted by Crippen LogP contribution is 2.38. The third-order valence-corrected chi connectivity index (χ3v) is 12.4. The van der Waals surface area contributed by atoms with Gasteiger partial charge in [-0.2, -0.15) is 4.98 Å². The highest BCUT2D eigenvalue weighted by Gasteiger charge is 2.36. The van der Waals surface area contributed by atoms with Crippen LogP contribution in [0.1, 0.15) is 49.8 Å². The summed E-state index contributed by atoms with van der Waals surface area (Å²) in [5, 5.41) is 9.40. The molecule has 59 heavy (non-hydrogen) atoms. The fourth-order valence-corrected chi connectivity index (χ4v) is 9.07. The van der Waals surface area contributed by atoms with E-state index in [-0.39, 0.29) is 47.6 Å². The van der Waals surface area contributed by atoms with Crippen molar-refractivity contribution < 1.29 is 23.9 Å². The second kappa shape index (κ2) is 16.1. The number of benzene rings is 2. The molecule has 17 heteroatoms. The molecule has 308 valence electrons. The number of nitrogens with zero attached hydrogens (tertiary/aromatic N) is 7. The van der Waals surface area contributed by atoms with Crippen molar-refractivity contribution in [2.24, 2.45) is 16.8 Å². The van der Waals surface area contributed by atoms with Crippen LogP contribution >= 0.6 is 11.6 Å². The van der Waals surface area contributed by atoms with Gasteiger partial charge in [-0.25, -0.2) is 4.98 Å². The van der Waals surface area contributed by atoms with Crippen molar-refractivity contribution >= 4 is 69.1 Å². The number of fused-ring (bicyclic) bond motifs is 1. The van der Waals surface area contributed by atoms with E-state index in [1.807, 2.05) is 12.1 Å². The van der Waals surface area contributed by atoms with E-state index in [2.05, 4.69) is 60.8 Å². The molecule has 4 aromatic rings. The number of hydrogen-bond acceptors (Lipinski definition) is 13. The standard InChI is InChI=1S/C42H47ClN10O6/c1-24-31-20-28(3-4-29(31)37(46-24)30-5-6-35(54)48-40(30)56)51-9-7-25(8-10-51)22-50-11-13-52(14-12-50)42-45-21-32(43)39(49-42)47-27-17-26-18-34(59-23-36(55)44-2)41(57)53-15-16-58-33(19-27)38(26)53/h3-4,17-21,24-25,30H,5-16,22-23H2,1-2H3,(H,44,55)(H,45,47,49)(H,48,54,56)/t24-,30?/m0/s1. The summed E-state index contributed by atoms with van der Waals surface area (Å²) in [6, 6.07) is 11.8. The van der Waals surface area contributed by atoms with Crippen molar-refractivity contribution in [2.45, 2.75) is 45.2 Å². The first-order valence-corrected chi connectivity index (χ1v) is 20.7. The molecule has 3 N–H and O–H groups in total. The van der Waals surface area contributed by atoms with E-state index in [1.165, 1.54) is 12.7 Å². The maximum Gasteiger partial charge on any atom is 0.293 e. The van der Waals surface area contributed by atoms with Gasteiger partial charge in [0.15, 0.2) is 18.2 Å². The van der Waals surface area contributed by atoms with E-state index in [1.54, 1.807) is 16.8 Å². The van der Waals surface area contributed by atoms with Gasteiger partial charge in [-0.15, -0.1) is 0 Å². The molecule has 0 aliphatic carbocycles. The topological polar surface area (TPSA) is 176 Å². The Balaban J connectivity index is 0.796. The zero-order valence-electron chi connectivity index (χ0n) is 33.1. The van der Waals surface area contributed by atoms with Crippen LogP contribution in [0.3, 0.4) is 0 Å². The first-order chi connectivity index (χ1) is 28.6. The number of ether oxygens (including phenoxy) is 2. The molecular weight excluding hydrogens is 776 g/mol. The summed E-state index contributed by atoms with van der Waals surface area (Å²) in [6.07, 6.45) is 4.70. The Morgan fingerprint density at radius 1 is 1.00 bits per heavy atom. The molecule has 3 fully saturated rings. The number of amides is 3. The van der Waals surface area contributed by atoms with Crippen LogP contribution in [0.2, 0.25) is 5.02 Å². The summed E-state index contributed by atoms with van der Waals surface area (Å²) in [7, 11) is 1.51. The van der Waals surface area contributed by atoms with Crippen molar-refractivity contribution in [2.75, 3.05) is 81.2 Å². The number of carbonyl (C=O) groups excluding carboxylic acids is 3. The van der Waals surface area contributed by atoms with Crippen LogP contribution in [-0.4, -0.2) is 109 Å². The van der Waals surface area contributed by atoms with Gasteiger partial charge in [-0.05, 0) is 61.9 Å². The van der Waals surface area contributed by atoms with E-state index in [4.69, 9.17) is 31.1 Å². The van der Waals surface area contributed by atoms with Gasteiger partial charge in [0.2, 0.25) is 17.8 Å². The lowest BCUT2D eigenvalue weighted by Crippen LogP contribution is -2.49. The minimum absolute atomic E-state index is 0.0178. The van der Waals surface area contributed by atoms with Gasteiger partial charge < -0.3 is 29.9 Å². The van der Waals surface area contributed by atoms with E-state index < -0.39 is 0 Å².